The maximum Gasteiger partial charge on any atom is 0.180 e. The van der Waals surface area contributed by atoms with E-state index in [4.69, 9.17) is 4.74 Å². The van der Waals surface area contributed by atoms with Crippen molar-refractivity contribution in [1.82, 2.24) is 5.32 Å². The lowest BCUT2D eigenvalue weighted by Crippen LogP contribution is -2.42. The van der Waals surface area contributed by atoms with Gasteiger partial charge in [0.2, 0.25) is 0 Å². The molecule has 2 aliphatic rings. The van der Waals surface area contributed by atoms with E-state index in [1.807, 2.05) is 0 Å². The molecule has 2 atom stereocenters. The van der Waals surface area contributed by atoms with E-state index in [-0.39, 0.29) is 11.6 Å². The number of rotatable bonds is 3. The van der Waals surface area contributed by atoms with Crippen molar-refractivity contribution in [3.63, 3.8) is 0 Å². The molecule has 1 aliphatic heterocycles. The first-order chi connectivity index (χ1) is 8.27. The van der Waals surface area contributed by atoms with Crippen molar-refractivity contribution < 1.29 is 4.74 Å². The Morgan fingerprint density at radius 3 is 3.12 bits per heavy atom. The summed E-state index contributed by atoms with van der Waals surface area (Å²) in [5, 5.41) is 3.32. The number of allylic oxidation sites excluding steroid dienone is 4. The molecule has 2 rings (SSSR count). The maximum absolute atomic E-state index is 5.93. The van der Waals surface area contributed by atoms with Gasteiger partial charge in [0.1, 0.15) is 5.60 Å². The van der Waals surface area contributed by atoms with Crippen LogP contribution in [0.2, 0.25) is 0 Å². The standard InChI is InChI=1S/C15H21NO/c1-3-4-5-7-10-14-15(17-13(2)16-14)11-8-6-9-12-15/h4-8,10,14,16H,2-3,9,11-12H2,1H3/b5-4-,10-7-/t14-,15?/m1/s1. The summed E-state index contributed by atoms with van der Waals surface area (Å²) >= 11 is 0. The highest BCUT2D eigenvalue weighted by Gasteiger charge is 2.44. The molecule has 0 aromatic heterocycles. The van der Waals surface area contributed by atoms with Crippen LogP contribution in [0.1, 0.15) is 32.6 Å². The first-order valence-corrected chi connectivity index (χ1v) is 6.39. The van der Waals surface area contributed by atoms with Crippen LogP contribution in [0.25, 0.3) is 0 Å². The van der Waals surface area contributed by atoms with Gasteiger partial charge in [-0.05, 0) is 25.8 Å². The van der Waals surface area contributed by atoms with Crippen LogP contribution >= 0.6 is 0 Å². The lowest BCUT2D eigenvalue weighted by Gasteiger charge is -2.32. The minimum Gasteiger partial charge on any atom is -0.470 e. The summed E-state index contributed by atoms with van der Waals surface area (Å²) < 4.78 is 5.93. The van der Waals surface area contributed by atoms with Crippen molar-refractivity contribution in [2.24, 2.45) is 0 Å². The largest absolute Gasteiger partial charge is 0.470 e. The summed E-state index contributed by atoms with van der Waals surface area (Å²) in [4.78, 5) is 0. The predicted octanol–water partition coefficient (Wildman–Crippen LogP) is 3.45. The number of ether oxygens (including phenoxy) is 1. The summed E-state index contributed by atoms with van der Waals surface area (Å²) in [6.45, 7) is 6.02. The molecule has 0 bridgehead atoms. The molecule has 1 aliphatic carbocycles. The smallest absolute Gasteiger partial charge is 0.180 e. The van der Waals surface area contributed by atoms with Gasteiger partial charge >= 0.3 is 0 Å². The zero-order chi connectivity index (χ0) is 12.1. The van der Waals surface area contributed by atoms with Gasteiger partial charge in [0.25, 0.3) is 0 Å². The van der Waals surface area contributed by atoms with Gasteiger partial charge < -0.3 is 10.1 Å². The Balaban J connectivity index is 2.08. The molecule has 0 aromatic rings. The monoisotopic (exact) mass is 231 g/mol. The van der Waals surface area contributed by atoms with E-state index in [1.54, 1.807) is 0 Å². The molecule has 17 heavy (non-hydrogen) atoms. The second kappa shape index (κ2) is 5.26. The summed E-state index contributed by atoms with van der Waals surface area (Å²) in [7, 11) is 0. The molecule has 1 heterocycles. The van der Waals surface area contributed by atoms with E-state index in [0.717, 1.165) is 25.7 Å². The average molecular weight is 231 g/mol. The molecule has 1 N–H and O–H groups in total. The molecule has 1 spiro atoms. The molecule has 0 radical (unpaired) electrons. The summed E-state index contributed by atoms with van der Waals surface area (Å²) in [5.74, 6) is 0.703. The van der Waals surface area contributed by atoms with Crippen molar-refractivity contribution in [3.8, 4) is 0 Å². The summed E-state index contributed by atoms with van der Waals surface area (Å²) in [5.41, 5.74) is -0.109. The topological polar surface area (TPSA) is 21.3 Å². The lowest BCUT2D eigenvalue weighted by atomic mass is 9.83. The van der Waals surface area contributed by atoms with Crippen LogP contribution in [-0.2, 0) is 4.74 Å². The van der Waals surface area contributed by atoms with Crippen molar-refractivity contribution in [2.75, 3.05) is 0 Å². The predicted molar refractivity (Wildman–Crippen MR) is 71.4 cm³/mol. The first kappa shape index (κ1) is 12.0. The molecule has 0 amide bonds. The highest BCUT2D eigenvalue weighted by atomic mass is 16.5. The lowest BCUT2D eigenvalue weighted by molar-refractivity contribution is 0.0286. The number of hydrogen-bond donors (Lipinski definition) is 1. The van der Waals surface area contributed by atoms with Crippen LogP contribution in [0, 0.1) is 0 Å². The fourth-order valence-corrected chi connectivity index (χ4v) is 2.46. The fourth-order valence-electron chi connectivity index (χ4n) is 2.46. The van der Waals surface area contributed by atoms with Gasteiger partial charge in [-0.25, -0.2) is 0 Å². The van der Waals surface area contributed by atoms with Gasteiger partial charge in [-0.1, -0.05) is 43.4 Å². The summed E-state index contributed by atoms with van der Waals surface area (Å²) in [6, 6.07) is 0.237. The molecule has 1 unspecified atom stereocenters. The normalized spacial score (nSPS) is 32.5. The number of nitrogens with one attached hydrogen (secondary N) is 1. The molecule has 92 valence electrons. The Labute approximate surface area is 104 Å². The van der Waals surface area contributed by atoms with Gasteiger partial charge in [-0.15, -0.1) is 0 Å². The molecule has 0 aromatic carbocycles. The van der Waals surface area contributed by atoms with Gasteiger partial charge in [-0.3, -0.25) is 0 Å². The van der Waals surface area contributed by atoms with E-state index >= 15 is 0 Å². The molecule has 2 heteroatoms. The van der Waals surface area contributed by atoms with Gasteiger partial charge in [0, 0.05) is 6.42 Å². The van der Waals surface area contributed by atoms with Crippen LogP contribution in [-0.4, -0.2) is 11.6 Å². The minimum atomic E-state index is -0.109. The first-order valence-electron chi connectivity index (χ1n) is 6.39. The SMILES string of the molecule is C=C1N[C@H](/C=C\C=C/CC)C2(CC=CCC2)O1. The van der Waals surface area contributed by atoms with Crippen molar-refractivity contribution in [3.05, 3.63) is 48.9 Å². The van der Waals surface area contributed by atoms with Crippen LogP contribution in [0.3, 0.4) is 0 Å². The average Bonchev–Trinajstić information content (AvgIpc) is 2.62. The third kappa shape index (κ3) is 2.63. The fraction of sp³-hybridized carbons (Fsp3) is 0.467. The van der Waals surface area contributed by atoms with Gasteiger partial charge in [0.15, 0.2) is 5.88 Å². The Morgan fingerprint density at radius 2 is 2.41 bits per heavy atom. The maximum atomic E-state index is 5.93. The third-order valence-electron chi connectivity index (χ3n) is 3.36. The molecular weight excluding hydrogens is 210 g/mol. The zero-order valence-corrected chi connectivity index (χ0v) is 10.5. The molecule has 2 nitrogen and oxygen atoms in total. The molecular formula is C15H21NO. The Bertz CT molecular complexity index is 367. The van der Waals surface area contributed by atoms with E-state index in [1.165, 1.54) is 0 Å². The van der Waals surface area contributed by atoms with Crippen molar-refractivity contribution in [1.29, 1.82) is 0 Å². The highest BCUT2D eigenvalue weighted by Crippen LogP contribution is 2.37. The van der Waals surface area contributed by atoms with Crippen molar-refractivity contribution in [2.45, 2.75) is 44.2 Å². The molecule has 1 fully saturated rings. The second-order valence-corrected chi connectivity index (χ2v) is 4.65. The van der Waals surface area contributed by atoms with Crippen LogP contribution in [0.5, 0.6) is 0 Å². The quantitative estimate of drug-likeness (QED) is 0.593. The van der Waals surface area contributed by atoms with E-state index < -0.39 is 0 Å². The Kier molecular flexibility index (Phi) is 3.72. The third-order valence-corrected chi connectivity index (χ3v) is 3.36. The zero-order valence-electron chi connectivity index (χ0n) is 10.5. The van der Waals surface area contributed by atoms with Crippen LogP contribution in [0.4, 0.5) is 0 Å². The van der Waals surface area contributed by atoms with Gasteiger partial charge in [-0.2, -0.15) is 0 Å². The summed E-state index contributed by atoms with van der Waals surface area (Å²) in [6.07, 6.45) is 17.1. The van der Waals surface area contributed by atoms with E-state index in [9.17, 15) is 0 Å². The Morgan fingerprint density at radius 1 is 1.53 bits per heavy atom. The molecule has 1 saturated heterocycles. The highest BCUT2D eigenvalue weighted by molar-refractivity contribution is 5.20. The number of hydrogen-bond acceptors (Lipinski definition) is 2. The molecule has 0 saturated carbocycles. The second-order valence-electron chi connectivity index (χ2n) is 4.65. The van der Waals surface area contributed by atoms with Crippen LogP contribution in [0.15, 0.2) is 48.9 Å². The van der Waals surface area contributed by atoms with E-state index in [2.05, 4.69) is 55.3 Å². The Hall–Kier alpha value is -1.44. The van der Waals surface area contributed by atoms with Crippen LogP contribution < -0.4 is 5.32 Å². The van der Waals surface area contributed by atoms with Crippen molar-refractivity contribution >= 4 is 0 Å². The van der Waals surface area contributed by atoms with Gasteiger partial charge in [0.05, 0.1) is 6.04 Å². The minimum absolute atomic E-state index is 0.109. The van der Waals surface area contributed by atoms with E-state index in [0.29, 0.717) is 5.88 Å².